The Bertz CT molecular complexity index is 1440. The van der Waals surface area contributed by atoms with Crippen molar-refractivity contribution < 1.29 is 19.1 Å². The van der Waals surface area contributed by atoms with E-state index in [1.165, 1.54) is 21.2 Å². The van der Waals surface area contributed by atoms with Gasteiger partial charge in [0.25, 0.3) is 0 Å². The third kappa shape index (κ3) is 4.25. The number of fused-ring (bicyclic) bond motifs is 2. The number of hydrogen-bond donors (Lipinski definition) is 0. The molecule has 0 saturated carbocycles. The molecule has 2 saturated heterocycles. The van der Waals surface area contributed by atoms with E-state index in [9.17, 15) is 19.2 Å². The number of pyridine rings is 1. The number of ether oxygens (including phenoxy) is 1. The van der Waals surface area contributed by atoms with Gasteiger partial charge in [-0.25, -0.2) is 4.90 Å². The largest absolute Gasteiger partial charge is 0.378 e. The van der Waals surface area contributed by atoms with Crippen LogP contribution in [0.4, 0.5) is 5.69 Å². The molecule has 2 aromatic heterocycles. The van der Waals surface area contributed by atoms with Gasteiger partial charge >= 0.3 is 4.87 Å². The Morgan fingerprint density at radius 1 is 1.08 bits per heavy atom. The normalized spacial score (nSPS) is 23.2. The summed E-state index contributed by atoms with van der Waals surface area (Å²) in [6.07, 6.45) is 3.32. The zero-order valence-corrected chi connectivity index (χ0v) is 22.6. The van der Waals surface area contributed by atoms with E-state index in [-0.39, 0.29) is 29.1 Å². The number of nitrogens with zero attached hydrogens (tertiary/aromatic N) is 4. The van der Waals surface area contributed by atoms with Crippen LogP contribution in [0.15, 0.2) is 63.1 Å². The predicted molar refractivity (Wildman–Crippen MR) is 142 cm³/mol. The van der Waals surface area contributed by atoms with Crippen LogP contribution in [-0.2, 0) is 25.7 Å². The van der Waals surface area contributed by atoms with Gasteiger partial charge in [0.1, 0.15) is 11.8 Å². The Morgan fingerprint density at radius 3 is 2.54 bits per heavy atom. The number of amides is 3. The second kappa shape index (κ2) is 9.82. The molecule has 9 nitrogen and oxygen atoms in total. The lowest BCUT2D eigenvalue weighted by molar-refractivity contribution is -0.136. The fraction of sp³-hybridized carbons (Fsp3) is 0.320. The van der Waals surface area contributed by atoms with Gasteiger partial charge in [-0.15, -0.1) is 0 Å². The summed E-state index contributed by atoms with van der Waals surface area (Å²) in [4.78, 5) is 61.3. The van der Waals surface area contributed by atoms with Crippen molar-refractivity contribution in [1.29, 1.82) is 0 Å². The van der Waals surface area contributed by atoms with Crippen LogP contribution in [-0.4, -0.2) is 63.7 Å². The molecule has 0 unspecified atom stereocenters. The number of thioether (sulfide) groups is 1. The summed E-state index contributed by atoms with van der Waals surface area (Å²) in [7, 11) is 0. The molecule has 0 aliphatic carbocycles. The van der Waals surface area contributed by atoms with Gasteiger partial charge < -0.3 is 9.64 Å². The molecule has 12 heteroatoms. The highest BCUT2D eigenvalue weighted by molar-refractivity contribution is 9.10. The Morgan fingerprint density at radius 2 is 1.84 bits per heavy atom. The topological polar surface area (TPSA) is 102 Å². The predicted octanol–water partition coefficient (Wildman–Crippen LogP) is 2.72. The minimum absolute atomic E-state index is 0.118. The fourth-order valence-electron chi connectivity index (χ4n) is 5.07. The van der Waals surface area contributed by atoms with Crippen LogP contribution in [0.5, 0.6) is 0 Å². The lowest BCUT2D eigenvalue weighted by Gasteiger charge is -2.31. The average Bonchev–Trinajstić information content (AvgIpc) is 3.36. The minimum Gasteiger partial charge on any atom is -0.378 e. The summed E-state index contributed by atoms with van der Waals surface area (Å²) in [5.41, 5.74) is 1.26. The molecule has 3 aromatic rings. The van der Waals surface area contributed by atoms with Crippen LogP contribution in [0.3, 0.4) is 0 Å². The number of aromatic nitrogens is 2. The van der Waals surface area contributed by atoms with E-state index in [1.807, 2.05) is 6.07 Å². The monoisotopic (exact) mass is 600 g/mol. The third-order valence-electron chi connectivity index (χ3n) is 6.83. The number of imide groups is 1. The number of anilines is 1. The SMILES string of the molecule is O=C(Cn1c2c(sc1=O)[C@@H](c1cccnc1)[C@@H]1C(=O)N(c3ccc(Br)cc3)C(=O)[C@@H]1S2)N1CCOCC1. The van der Waals surface area contributed by atoms with Crippen molar-refractivity contribution in [3.63, 3.8) is 0 Å². The first-order valence-corrected chi connectivity index (χ1v) is 14.2. The van der Waals surface area contributed by atoms with E-state index in [0.717, 1.165) is 21.4 Å². The van der Waals surface area contributed by atoms with Crippen molar-refractivity contribution in [3.8, 4) is 0 Å². The maximum Gasteiger partial charge on any atom is 0.308 e. The van der Waals surface area contributed by atoms with Crippen LogP contribution >= 0.6 is 39.0 Å². The number of thiazole rings is 1. The first kappa shape index (κ1) is 24.5. The lowest BCUT2D eigenvalue weighted by atomic mass is 9.84. The number of rotatable bonds is 4. The number of hydrogen-bond acceptors (Lipinski definition) is 8. The molecule has 2 fully saturated rings. The van der Waals surface area contributed by atoms with Crippen molar-refractivity contribution in [3.05, 3.63) is 73.4 Å². The van der Waals surface area contributed by atoms with Crippen molar-refractivity contribution in [2.24, 2.45) is 5.92 Å². The number of benzene rings is 1. The molecule has 6 rings (SSSR count). The van der Waals surface area contributed by atoms with Crippen LogP contribution in [0.1, 0.15) is 16.4 Å². The van der Waals surface area contributed by atoms with E-state index >= 15 is 0 Å². The van der Waals surface area contributed by atoms with Gasteiger partial charge in [0.15, 0.2) is 0 Å². The quantitative estimate of drug-likeness (QED) is 0.424. The van der Waals surface area contributed by atoms with E-state index in [4.69, 9.17) is 4.74 Å². The van der Waals surface area contributed by atoms with Gasteiger partial charge in [-0.1, -0.05) is 45.1 Å². The summed E-state index contributed by atoms with van der Waals surface area (Å²) in [5, 5.41) is -0.155. The van der Waals surface area contributed by atoms with Gasteiger partial charge in [-0.2, -0.15) is 0 Å². The van der Waals surface area contributed by atoms with Gasteiger partial charge in [-0.05, 0) is 35.9 Å². The highest BCUT2D eigenvalue weighted by Crippen LogP contribution is 2.53. The molecule has 1 aromatic carbocycles. The molecule has 3 atom stereocenters. The first-order valence-electron chi connectivity index (χ1n) is 11.7. The van der Waals surface area contributed by atoms with Crippen LogP contribution in [0.2, 0.25) is 0 Å². The zero-order valence-electron chi connectivity index (χ0n) is 19.4. The number of carbonyl (C=O) groups is 3. The Balaban J connectivity index is 1.42. The fourth-order valence-corrected chi connectivity index (χ4v) is 8.10. The highest BCUT2D eigenvalue weighted by atomic mass is 79.9. The summed E-state index contributed by atoms with van der Waals surface area (Å²) in [6.45, 7) is 1.77. The van der Waals surface area contributed by atoms with Crippen molar-refractivity contribution >= 4 is 62.4 Å². The van der Waals surface area contributed by atoms with E-state index in [1.54, 1.807) is 47.6 Å². The van der Waals surface area contributed by atoms with E-state index in [0.29, 0.717) is 41.9 Å². The second-order valence-corrected chi connectivity index (χ2v) is 12.0. The molecule has 3 amide bonds. The van der Waals surface area contributed by atoms with E-state index in [2.05, 4.69) is 20.9 Å². The maximum absolute atomic E-state index is 13.8. The molecular weight excluding hydrogens is 580 g/mol. The standard InChI is InChI=1S/C25H21BrN4O5S2/c26-15-3-5-16(6-4-15)30-22(32)19-18(14-2-1-7-27-12-14)21-24(36-20(19)23(30)33)29(25(34)37-21)13-17(31)28-8-10-35-11-9-28/h1-7,12,18-20H,8-11,13H2/t18-,19-,20+/m0/s1. The van der Waals surface area contributed by atoms with E-state index < -0.39 is 17.1 Å². The highest BCUT2D eigenvalue weighted by Gasteiger charge is 2.56. The molecule has 190 valence electrons. The number of morpholine rings is 1. The maximum atomic E-state index is 13.8. The molecule has 5 heterocycles. The van der Waals surface area contributed by atoms with Gasteiger partial charge in [0.05, 0.1) is 29.8 Å². The van der Waals surface area contributed by atoms with Crippen molar-refractivity contribution in [1.82, 2.24) is 14.5 Å². The first-order chi connectivity index (χ1) is 17.9. The Labute approximate surface area is 228 Å². The summed E-state index contributed by atoms with van der Waals surface area (Å²) < 4.78 is 7.64. The molecular formula is C25H21BrN4O5S2. The Hall–Kier alpha value is -2.80. The third-order valence-corrected chi connectivity index (χ3v) is 9.97. The smallest absolute Gasteiger partial charge is 0.308 e. The molecule has 37 heavy (non-hydrogen) atoms. The molecule has 3 aliphatic heterocycles. The second-order valence-electron chi connectivity index (χ2n) is 8.93. The summed E-state index contributed by atoms with van der Waals surface area (Å²) >= 11 is 5.64. The molecule has 0 bridgehead atoms. The number of carbonyl (C=O) groups excluding carboxylic acids is 3. The lowest BCUT2D eigenvalue weighted by Crippen LogP contribution is -2.43. The molecule has 0 N–H and O–H groups in total. The van der Waals surface area contributed by atoms with Gasteiger partial charge in [0, 0.05) is 40.8 Å². The van der Waals surface area contributed by atoms with Crippen molar-refractivity contribution in [2.75, 3.05) is 31.2 Å². The van der Waals surface area contributed by atoms with Crippen LogP contribution in [0.25, 0.3) is 0 Å². The molecule has 3 aliphatic rings. The van der Waals surface area contributed by atoms with Gasteiger partial charge in [-0.3, -0.25) is 28.7 Å². The number of halogens is 1. The van der Waals surface area contributed by atoms with Crippen molar-refractivity contribution in [2.45, 2.75) is 22.7 Å². The average molecular weight is 602 g/mol. The Kier molecular flexibility index (Phi) is 6.51. The minimum atomic E-state index is -0.729. The molecule has 0 radical (unpaired) electrons. The van der Waals surface area contributed by atoms with Crippen LogP contribution < -0.4 is 9.77 Å². The van der Waals surface area contributed by atoms with Gasteiger partial charge in [0.2, 0.25) is 17.7 Å². The summed E-state index contributed by atoms with van der Waals surface area (Å²) in [6, 6.07) is 10.7. The van der Waals surface area contributed by atoms with Crippen LogP contribution in [0, 0.1) is 5.92 Å². The molecule has 0 spiro atoms. The zero-order chi connectivity index (χ0) is 25.7. The summed E-state index contributed by atoms with van der Waals surface area (Å²) in [5.74, 6) is -2.02.